The van der Waals surface area contributed by atoms with Crippen molar-refractivity contribution in [1.82, 2.24) is 0 Å². The Morgan fingerprint density at radius 1 is 1.06 bits per heavy atom. The number of carbonyl (C=O) groups is 2. The number of para-hydroxylation sites is 2. The van der Waals surface area contributed by atoms with Crippen LogP contribution in [-0.4, -0.2) is 41.6 Å². The number of carbonyl (C=O) groups excluding carboxylic acids is 2. The van der Waals surface area contributed by atoms with Crippen LogP contribution in [0.1, 0.15) is 22.3 Å². The molecule has 1 amide bonds. The highest BCUT2D eigenvalue weighted by Gasteiger charge is 2.30. The lowest BCUT2D eigenvalue weighted by Crippen LogP contribution is -2.20. The van der Waals surface area contributed by atoms with Gasteiger partial charge in [-0.1, -0.05) is 12.1 Å². The average molecular weight is 455 g/mol. The van der Waals surface area contributed by atoms with Gasteiger partial charge in [0.15, 0.2) is 0 Å². The monoisotopic (exact) mass is 454 g/mol. The van der Waals surface area contributed by atoms with E-state index < -0.39 is 10.9 Å². The van der Waals surface area contributed by atoms with Gasteiger partial charge in [0, 0.05) is 24.2 Å². The molecule has 0 saturated heterocycles. The fourth-order valence-corrected chi connectivity index (χ4v) is 4.73. The molecule has 9 heteroatoms. The van der Waals surface area contributed by atoms with Crippen molar-refractivity contribution in [1.29, 1.82) is 0 Å². The number of amides is 1. The minimum Gasteiger partial charge on any atom is -0.495 e. The molecule has 0 fully saturated rings. The van der Waals surface area contributed by atoms with Crippen LogP contribution in [0.3, 0.4) is 0 Å². The molecule has 1 heterocycles. The van der Waals surface area contributed by atoms with Gasteiger partial charge in [0.25, 0.3) is 5.91 Å². The zero-order valence-corrected chi connectivity index (χ0v) is 18.7. The maximum Gasteiger partial charge on any atom is 0.305 e. The van der Waals surface area contributed by atoms with Crippen LogP contribution in [-0.2, 0) is 26.8 Å². The summed E-state index contributed by atoms with van der Waals surface area (Å²) in [5, 5.41) is 1.27. The first-order valence-electron chi connectivity index (χ1n) is 9.89. The van der Waals surface area contributed by atoms with Crippen molar-refractivity contribution < 1.29 is 27.5 Å². The third-order valence-corrected chi connectivity index (χ3v) is 6.33. The van der Waals surface area contributed by atoms with Gasteiger partial charge >= 0.3 is 5.97 Å². The lowest BCUT2D eigenvalue weighted by atomic mass is 9.97. The van der Waals surface area contributed by atoms with E-state index in [2.05, 4.69) is 0 Å². The quantitative estimate of drug-likeness (QED) is 0.435. The van der Waals surface area contributed by atoms with Crippen LogP contribution in [0.25, 0.3) is 10.8 Å². The van der Waals surface area contributed by atoms with E-state index in [1.54, 1.807) is 49.5 Å². The van der Waals surface area contributed by atoms with Crippen LogP contribution in [0, 0.1) is 0 Å². The van der Waals surface area contributed by atoms with Crippen LogP contribution < -0.4 is 13.9 Å². The Bertz CT molecular complexity index is 1310. The van der Waals surface area contributed by atoms with Crippen molar-refractivity contribution in [2.45, 2.75) is 12.8 Å². The number of esters is 1. The highest BCUT2D eigenvalue weighted by molar-refractivity contribution is 7.74. The SMILES string of the molecule is COC(=O)CCc1cc2c3c(ccc(N(c4ccccc4OC)[SH](=O)=O)c3c1)N(C)C2=O. The molecule has 3 aromatic rings. The van der Waals surface area contributed by atoms with Gasteiger partial charge in [0.2, 0.25) is 10.9 Å². The van der Waals surface area contributed by atoms with E-state index in [0.717, 1.165) is 5.56 Å². The number of methoxy groups -OCH3 is 2. The molecule has 0 aliphatic carbocycles. The number of ether oxygens (including phenoxy) is 2. The van der Waals surface area contributed by atoms with Crippen molar-refractivity contribution in [2.75, 3.05) is 30.5 Å². The second kappa shape index (κ2) is 8.51. The van der Waals surface area contributed by atoms with Gasteiger partial charge in [-0.25, -0.2) is 12.7 Å². The summed E-state index contributed by atoms with van der Waals surface area (Å²) in [6, 6.07) is 13.8. The second-order valence-electron chi connectivity index (χ2n) is 7.33. The highest BCUT2D eigenvalue weighted by atomic mass is 32.2. The number of thiol groups is 1. The number of rotatable bonds is 7. The van der Waals surface area contributed by atoms with E-state index in [1.807, 2.05) is 6.07 Å². The first-order chi connectivity index (χ1) is 15.4. The van der Waals surface area contributed by atoms with Gasteiger partial charge in [-0.05, 0) is 48.4 Å². The predicted molar refractivity (Wildman–Crippen MR) is 122 cm³/mol. The minimum absolute atomic E-state index is 0.145. The summed E-state index contributed by atoms with van der Waals surface area (Å²) in [4.78, 5) is 26.1. The first kappa shape index (κ1) is 21.6. The Morgan fingerprint density at radius 2 is 1.81 bits per heavy atom. The van der Waals surface area contributed by atoms with Crippen LogP contribution in [0.2, 0.25) is 0 Å². The summed E-state index contributed by atoms with van der Waals surface area (Å²) in [5.74, 6) is -0.149. The third kappa shape index (κ3) is 3.54. The standard InChI is InChI=1S/C23H22N2O6S/c1-24-19-10-9-17(25(32(28)29)18-6-4-5-7-20(18)30-2)15-12-14(8-11-21(26)31-3)13-16(22(15)19)23(24)27/h4-7,9-10,12-13,32H,8,11H2,1-3H3. The number of anilines is 3. The van der Waals surface area contributed by atoms with E-state index in [9.17, 15) is 18.0 Å². The molecule has 1 aliphatic heterocycles. The number of benzene rings is 3. The Morgan fingerprint density at radius 3 is 2.50 bits per heavy atom. The summed E-state index contributed by atoms with van der Waals surface area (Å²) in [7, 11) is 1.39. The van der Waals surface area contributed by atoms with Crippen LogP contribution in [0.15, 0.2) is 48.5 Å². The average Bonchev–Trinajstić information content (AvgIpc) is 3.04. The molecule has 8 nitrogen and oxygen atoms in total. The van der Waals surface area contributed by atoms with Crippen molar-refractivity contribution in [3.63, 3.8) is 0 Å². The van der Waals surface area contributed by atoms with Gasteiger partial charge in [0.05, 0.1) is 36.8 Å². The second-order valence-corrected chi connectivity index (χ2v) is 8.21. The number of hydrogen-bond donors (Lipinski definition) is 1. The van der Waals surface area contributed by atoms with Crippen LogP contribution >= 0.6 is 0 Å². The molecule has 1 aliphatic rings. The Labute approximate surface area is 187 Å². The van der Waals surface area contributed by atoms with Crippen LogP contribution in [0.4, 0.5) is 17.1 Å². The van der Waals surface area contributed by atoms with Gasteiger partial charge in [-0.15, -0.1) is 0 Å². The summed E-state index contributed by atoms with van der Waals surface area (Å²) in [5.41, 5.74) is 2.67. The van der Waals surface area contributed by atoms with E-state index in [-0.39, 0.29) is 18.3 Å². The van der Waals surface area contributed by atoms with Gasteiger partial charge in [0.1, 0.15) is 5.75 Å². The normalized spacial score (nSPS) is 12.5. The fourth-order valence-electron chi connectivity index (χ4n) is 4.04. The van der Waals surface area contributed by atoms with E-state index >= 15 is 0 Å². The topological polar surface area (TPSA) is 93.2 Å². The Balaban J connectivity index is 1.97. The maximum atomic E-state index is 12.9. The van der Waals surface area contributed by atoms with Crippen molar-refractivity contribution in [3.05, 3.63) is 59.7 Å². The molecule has 0 aromatic heterocycles. The molecule has 0 N–H and O–H groups in total. The molecule has 3 aromatic carbocycles. The van der Waals surface area contributed by atoms with E-state index in [0.29, 0.717) is 45.6 Å². The molecule has 4 rings (SSSR count). The van der Waals surface area contributed by atoms with Crippen LogP contribution in [0.5, 0.6) is 5.75 Å². The number of hydrogen-bond acceptors (Lipinski definition) is 6. The smallest absolute Gasteiger partial charge is 0.305 e. The Kier molecular flexibility index (Phi) is 5.75. The highest BCUT2D eigenvalue weighted by Crippen LogP contribution is 2.44. The number of aryl methyl sites for hydroxylation is 1. The van der Waals surface area contributed by atoms with Crippen molar-refractivity contribution in [3.8, 4) is 5.75 Å². The molecular formula is C23H22N2O6S. The van der Waals surface area contributed by atoms with E-state index in [4.69, 9.17) is 9.47 Å². The molecule has 0 saturated carbocycles. The summed E-state index contributed by atoms with van der Waals surface area (Å²) >= 11 is 0. The zero-order valence-electron chi connectivity index (χ0n) is 17.8. The fraction of sp³-hybridized carbons (Fsp3) is 0.217. The molecule has 0 bridgehead atoms. The predicted octanol–water partition coefficient (Wildman–Crippen LogP) is 3.21. The number of nitrogens with zero attached hydrogens (tertiary/aromatic N) is 2. The zero-order chi connectivity index (χ0) is 23.0. The molecule has 0 atom stereocenters. The van der Waals surface area contributed by atoms with Gasteiger partial charge in [-0.2, -0.15) is 0 Å². The van der Waals surface area contributed by atoms with Crippen molar-refractivity contribution in [2.24, 2.45) is 0 Å². The first-order valence-corrected chi connectivity index (χ1v) is 11.0. The lowest BCUT2D eigenvalue weighted by molar-refractivity contribution is -0.140. The summed E-state index contributed by atoms with van der Waals surface area (Å²) in [6.45, 7) is 0. The molecule has 0 unspecified atom stereocenters. The Hall–Kier alpha value is -3.59. The molecule has 32 heavy (non-hydrogen) atoms. The summed E-state index contributed by atoms with van der Waals surface area (Å²) in [6.07, 6.45) is 0.501. The lowest BCUT2D eigenvalue weighted by Gasteiger charge is -2.22. The largest absolute Gasteiger partial charge is 0.495 e. The molecule has 166 valence electrons. The molecule has 0 radical (unpaired) electrons. The van der Waals surface area contributed by atoms with Gasteiger partial charge < -0.3 is 14.4 Å². The van der Waals surface area contributed by atoms with Gasteiger partial charge in [-0.3, -0.25) is 9.59 Å². The minimum atomic E-state index is -3.08. The molecule has 0 spiro atoms. The van der Waals surface area contributed by atoms with E-state index in [1.165, 1.54) is 23.4 Å². The van der Waals surface area contributed by atoms with Crippen molar-refractivity contribution >= 4 is 50.6 Å². The third-order valence-electron chi connectivity index (χ3n) is 5.58. The maximum absolute atomic E-state index is 12.9. The summed E-state index contributed by atoms with van der Waals surface area (Å²) < 4.78 is 36.2. The molecular weight excluding hydrogens is 432 g/mol.